The molecule has 1 amide bonds. The molecular formula is C25H27FN6O. The Labute approximate surface area is 192 Å². The lowest BCUT2D eigenvalue weighted by Crippen LogP contribution is -2.52. The SMILES string of the molecule is CCc1ncnc(-c2ccc(C(=O)N3CCN4CCC[C@@H]4C3)c(F)c2)c1-c1ccc(N)nc1. The topological polar surface area (TPSA) is 88.2 Å². The van der Waals surface area contributed by atoms with E-state index in [1.165, 1.54) is 18.8 Å². The molecule has 0 radical (unpaired) electrons. The highest BCUT2D eigenvalue weighted by molar-refractivity contribution is 5.95. The number of nitrogen functional groups attached to an aromatic ring is 1. The van der Waals surface area contributed by atoms with Gasteiger partial charge < -0.3 is 10.6 Å². The van der Waals surface area contributed by atoms with Gasteiger partial charge in [-0.1, -0.05) is 13.0 Å². The van der Waals surface area contributed by atoms with Crippen LogP contribution in [0.5, 0.6) is 0 Å². The van der Waals surface area contributed by atoms with Crippen LogP contribution in [0.2, 0.25) is 0 Å². The Bertz CT molecular complexity index is 1180. The zero-order valence-corrected chi connectivity index (χ0v) is 18.7. The molecule has 2 aromatic heterocycles. The van der Waals surface area contributed by atoms with Crippen LogP contribution in [0.3, 0.4) is 0 Å². The summed E-state index contributed by atoms with van der Waals surface area (Å²) in [4.78, 5) is 30.4. The summed E-state index contributed by atoms with van der Waals surface area (Å²) in [5.41, 5.74) is 9.49. The number of hydrogen-bond acceptors (Lipinski definition) is 6. The number of carbonyl (C=O) groups excluding carboxylic acids is 1. The molecule has 3 aromatic rings. The molecule has 170 valence electrons. The summed E-state index contributed by atoms with van der Waals surface area (Å²) in [6.07, 6.45) is 6.11. The summed E-state index contributed by atoms with van der Waals surface area (Å²) in [5.74, 6) is -0.363. The number of rotatable bonds is 4. The second kappa shape index (κ2) is 8.86. The zero-order valence-electron chi connectivity index (χ0n) is 18.7. The van der Waals surface area contributed by atoms with E-state index in [0.29, 0.717) is 42.6 Å². The number of benzene rings is 1. The summed E-state index contributed by atoms with van der Waals surface area (Å²) in [6, 6.07) is 8.72. The second-order valence-electron chi connectivity index (χ2n) is 8.65. The lowest BCUT2D eigenvalue weighted by Gasteiger charge is -2.37. The second-order valence-corrected chi connectivity index (χ2v) is 8.65. The highest BCUT2D eigenvalue weighted by atomic mass is 19.1. The molecule has 2 N–H and O–H groups in total. The fourth-order valence-electron chi connectivity index (χ4n) is 4.95. The van der Waals surface area contributed by atoms with E-state index in [-0.39, 0.29) is 11.5 Å². The Morgan fingerprint density at radius 2 is 1.97 bits per heavy atom. The predicted octanol–water partition coefficient (Wildman–Crippen LogP) is 3.41. The van der Waals surface area contributed by atoms with E-state index in [1.54, 1.807) is 29.3 Å². The number of aryl methyl sites for hydroxylation is 1. The van der Waals surface area contributed by atoms with Crippen LogP contribution in [-0.4, -0.2) is 62.9 Å². The highest BCUT2D eigenvalue weighted by Gasteiger charge is 2.33. The molecule has 5 rings (SSSR count). The zero-order chi connectivity index (χ0) is 22.9. The number of hydrogen-bond donors (Lipinski definition) is 1. The summed E-state index contributed by atoms with van der Waals surface area (Å²) in [7, 11) is 0. The maximum absolute atomic E-state index is 15.2. The molecular weight excluding hydrogens is 419 g/mol. The summed E-state index contributed by atoms with van der Waals surface area (Å²) >= 11 is 0. The lowest BCUT2D eigenvalue weighted by atomic mass is 9.96. The van der Waals surface area contributed by atoms with Crippen LogP contribution >= 0.6 is 0 Å². The molecule has 2 saturated heterocycles. The molecule has 4 heterocycles. The molecule has 7 nitrogen and oxygen atoms in total. The molecule has 0 aliphatic carbocycles. The third-order valence-electron chi connectivity index (χ3n) is 6.68. The Morgan fingerprint density at radius 3 is 2.73 bits per heavy atom. The predicted molar refractivity (Wildman–Crippen MR) is 125 cm³/mol. The van der Waals surface area contributed by atoms with E-state index in [2.05, 4.69) is 19.9 Å². The van der Waals surface area contributed by atoms with E-state index in [0.717, 1.165) is 36.3 Å². The number of halogens is 1. The van der Waals surface area contributed by atoms with Gasteiger partial charge in [0.05, 0.1) is 17.0 Å². The van der Waals surface area contributed by atoms with Crippen LogP contribution < -0.4 is 5.73 Å². The fraction of sp³-hybridized carbons (Fsp3) is 0.360. The number of nitrogens with two attached hydrogens (primary N) is 1. The average molecular weight is 447 g/mol. The Morgan fingerprint density at radius 1 is 1.12 bits per heavy atom. The molecule has 1 atom stereocenters. The number of fused-ring (bicyclic) bond motifs is 1. The van der Waals surface area contributed by atoms with Gasteiger partial charge in [-0.3, -0.25) is 9.69 Å². The molecule has 33 heavy (non-hydrogen) atoms. The van der Waals surface area contributed by atoms with Crippen molar-refractivity contribution in [3.05, 3.63) is 59.9 Å². The van der Waals surface area contributed by atoms with Crippen molar-refractivity contribution in [3.63, 3.8) is 0 Å². The average Bonchev–Trinajstić information content (AvgIpc) is 3.31. The minimum atomic E-state index is -0.538. The van der Waals surface area contributed by atoms with Gasteiger partial charge in [-0.25, -0.2) is 19.3 Å². The maximum atomic E-state index is 15.2. The number of carbonyl (C=O) groups is 1. The highest BCUT2D eigenvalue weighted by Crippen LogP contribution is 2.33. The van der Waals surface area contributed by atoms with E-state index >= 15 is 4.39 Å². The first-order valence-electron chi connectivity index (χ1n) is 11.4. The van der Waals surface area contributed by atoms with Gasteiger partial charge >= 0.3 is 0 Å². The standard InChI is InChI=1S/C25H27FN6O/c1-2-21-23(17-6-8-22(27)28-13-17)24(30-15-29-21)16-5-7-19(20(26)12-16)25(33)32-11-10-31-9-3-4-18(31)14-32/h5-8,12-13,15,18H,2-4,9-11,14H2,1H3,(H2,27,28)/t18-/m1/s1. The van der Waals surface area contributed by atoms with Crippen LogP contribution in [-0.2, 0) is 6.42 Å². The van der Waals surface area contributed by atoms with Gasteiger partial charge in [-0.15, -0.1) is 0 Å². The molecule has 0 bridgehead atoms. The number of piperazine rings is 1. The van der Waals surface area contributed by atoms with Crippen LogP contribution in [0, 0.1) is 5.82 Å². The van der Waals surface area contributed by atoms with Crippen molar-refractivity contribution in [2.45, 2.75) is 32.2 Å². The van der Waals surface area contributed by atoms with E-state index in [9.17, 15) is 4.79 Å². The Kier molecular flexibility index (Phi) is 5.76. The first kappa shape index (κ1) is 21.5. The summed E-state index contributed by atoms with van der Waals surface area (Å²) in [6.45, 7) is 5.26. The summed E-state index contributed by atoms with van der Waals surface area (Å²) < 4.78 is 15.2. The molecule has 2 aliphatic rings. The monoisotopic (exact) mass is 446 g/mol. The number of aromatic nitrogens is 3. The van der Waals surface area contributed by atoms with Gasteiger partial charge in [0, 0.05) is 48.6 Å². The first-order valence-corrected chi connectivity index (χ1v) is 11.4. The maximum Gasteiger partial charge on any atom is 0.256 e. The third-order valence-corrected chi connectivity index (χ3v) is 6.68. The smallest absolute Gasteiger partial charge is 0.256 e. The van der Waals surface area contributed by atoms with Crippen LogP contribution in [0.25, 0.3) is 22.4 Å². The molecule has 0 unspecified atom stereocenters. The molecule has 2 aliphatic heterocycles. The van der Waals surface area contributed by atoms with Crippen LogP contribution in [0.1, 0.15) is 35.8 Å². The van der Waals surface area contributed by atoms with Crippen LogP contribution in [0.15, 0.2) is 42.9 Å². The van der Waals surface area contributed by atoms with Crippen molar-refractivity contribution in [2.24, 2.45) is 0 Å². The van der Waals surface area contributed by atoms with Crippen molar-refractivity contribution in [3.8, 4) is 22.4 Å². The van der Waals surface area contributed by atoms with Gasteiger partial charge in [0.15, 0.2) is 0 Å². The molecule has 2 fully saturated rings. The van der Waals surface area contributed by atoms with Crippen molar-refractivity contribution < 1.29 is 9.18 Å². The molecule has 0 spiro atoms. The van der Waals surface area contributed by atoms with E-state index in [4.69, 9.17) is 5.73 Å². The van der Waals surface area contributed by atoms with Crippen molar-refractivity contribution in [1.29, 1.82) is 0 Å². The third kappa shape index (κ3) is 4.06. The number of amides is 1. The molecule has 8 heteroatoms. The minimum absolute atomic E-state index is 0.102. The summed E-state index contributed by atoms with van der Waals surface area (Å²) in [5, 5.41) is 0. The fourth-order valence-corrected chi connectivity index (χ4v) is 4.95. The number of nitrogens with zero attached hydrogens (tertiary/aromatic N) is 5. The van der Waals surface area contributed by atoms with Crippen molar-refractivity contribution in [2.75, 3.05) is 31.9 Å². The quantitative estimate of drug-likeness (QED) is 0.661. The normalized spacial score (nSPS) is 18.4. The minimum Gasteiger partial charge on any atom is -0.384 e. The van der Waals surface area contributed by atoms with Crippen molar-refractivity contribution in [1.82, 2.24) is 24.8 Å². The van der Waals surface area contributed by atoms with Gasteiger partial charge in [0.2, 0.25) is 0 Å². The first-order chi connectivity index (χ1) is 16.0. The molecule has 1 aromatic carbocycles. The van der Waals surface area contributed by atoms with Gasteiger partial charge in [0.25, 0.3) is 5.91 Å². The number of anilines is 1. The van der Waals surface area contributed by atoms with Gasteiger partial charge in [-0.05, 0) is 50.1 Å². The largest absolute Gasteiger partial charge is 0.384 e. The van der Waals surface area contributed by atoms with Gasteiger partial charge in [-0.2, -0.15) is 0 Å². The Balaban J connectivity index is 1.47. The van der Waals surface area contributed by atoms with E-state index in [1.807, 2.05) is 13.0 Å². The van der Waals surface area contributed by atoms with Crippen molar-refractivity contribution >= 4 is 11.7 Å². The number of pyridine rings is 1. The van der Waals surface area contributed by atoms with E-state index < -0.39 is 5.82 Å². The molecule has 0 saturated carbocycles. The Hall–Kier alpha value is -3.39. The van der Waals surface area contributed by atoms with Gasteiger partial charge in [0.1, 0.15) is 18.0 Å². The lowest BCUT2D eigenvalue weighted by molar-refractivity contribution is 0.0567. The van der Waals surface area contributed by atoms with Crippen LogP contribution in [0.4, 0.5) is 10.2 Å².